The molecule has 0 radical (unpaired) electrons. The predicted octanol–water partition coefficient (Wildman–Crippen LogP) is 3.87. The smallest absolute Gasteiger partial charge is 0.140 e. The first-order valence-corrected chi connectivity index (χ1v) is 6.70. The molecule has 0 aliphatic heterocycles. The molecule has 0 amide bonds. The van der Waals surface area contributed by atoms with Crippen molar-refractivity contribution in [1.82, 2.24) is 0 Å². The van der Waals surface area contributed by atoms with Gasteiger partial charge in [-0.05, 0) is 37.1 Å². The third-order valence-corrected chi connectivity index (χ3v) is 3.27. The molecule has 0 aliphatic carbocycles. The maximum absolute atomic E-state index is 12.1. The minimum atomic E-state index is -0.457. The van der Waals surface area contributed by atoms with Gasteiger partial charge in [0.2, 0.25) is 0 Å². The lowest BCUT2D eigenvalue weighted by Crippen LogP contribution is -2.32. The lowest BCUT2D eigenvalue weighted by molar-refractivity contribution is -0.127. The molecule has 0 saturated carbocycles. The van der Waals surface area contributed by atoms with Gasteiger partial charge in [-0.2, -0.15) is 0 Å². The van der Waals surface area contributed by atoms with Crippen LogP contribution in [-0.2, 0) is 11.2 Å². The van der Waals surface area contributed by atoms with Crippen LogP contribution >= 0.6 is 23.2 Å². The minimum absolute atomic E-state index is 0.111. The molecule has 18 heavy (non-hydrogen) atoms. The second-order valence-electron chi connectivity index (χ2n) is 5.44. The number of carbonyl (C=O) groups excluding carboxylic acids is 1. The number of nitrogens with two attached hydrogens (primary N) is 1. The zero-order valence-corrected chi connectivity index (χ0v) is 12.5. The van der Waals surface area contributed by atoms with E-state index in [2.05, 4.69) is 0 Å². The van der Waals surface area contributed by atoms with Crippen LogP contribution in [0.2, 0.25) is 10.0 Å². The molecule has 0 fully saturated rings. The van der Waals surface area contributed by atoms with Gasteiger partial charge in [-0.1, -0.05) is 37.0 Å². The molecule has 1 atom stereocenters. The van der Waals surface area contributed by atoms with E-state index in [1.165, 1.54) is 0 Å². The van der Waals surface area contributed by atoms with Gasteiger partial charge in [-0.3, -0.25) is 4.79 Å². The van der Waals surface area contributed by atoms with Gasteiger partial charge in [0.05, 0.1) is 0 Å². The minimum Gasteiger partial charge on any atom is -0.328 e. The maximum Gasteiger partial charge on any atom is 0.140 e. The van der Waals surface area contributed by atoms with Crippen molar-refractivity contribution in [1.29, 1.82) is 0 Å². The number of benzene rings is 1. The van der Waals surface area contributed by atoms with E-state index in [9.17, 15) is 4.79 Å². The molecule has 1 rings (SSSR count). The van der Waals surface area contributed by atoms with Gasteiger partial charge in [0.25, 0.3) is 0 Å². The molecule has 1 unspecified atom stereocenters. The van der Waals surface area contributed by atoms with Gasteiger partial charge in [0, 0.05) is 27.9 Å². The van der Waals surface area contributed by atoms with Crippen molar-refractivity contribution in [2.24, 2.45) is 11.1 Å². The topological polar surface area (TPSA) is 43.1 Å². The van der Waals surface area contributed by atoms with Crippen molar-refractivity contribution < 1.29 is 4.79 Å². The lowest BCUT2D eigenvalue weighted by Gasteiger charge is -2.24. The van der Waals surface area contributed by atoms with E-state index >= 15 is 0 Å². The largest absolute Gasteiger partial charge is 0.328 e. The normalized spacial score (nSPS) is 13.4. The fraction of sp³-hybridized carbons (Fsp3) is 0.500. The lowest BCUT2D eigenvalue weighted by atomic mass is 9.79. The quantitative estimate of drug-likeness (QED) is 0.893. The maximum atomic E-state index is 12.1. The Morgan fingerprint density at radius 2 is 1.78 bits per heavy atom. The summed E-state index contributed by atoms with van der Waals surface area (Å²) < 4.78 is 0. The summed E-state index contributed by atoms with van der Waals surface area (Å²) in [6.45, 7) is 5.68. The average Bonchev–Trinajstić information content (AvgIpc) is 2.13. The number of ketones is 1. The number of carbonyl (C=O) groups is 1. The molecular formula is C14H19Cl2NO. The first-order chi connectivity index (χ1) is 8.20. The van der Waals surface area contributed by atoms with Gasteiger partial charge in [-0.15, -0.1) is 0 Å². The van der Waals surface area contributed by atoms with Gasteiger partial charge < -0.3 is 5.73 Å². The van der Waals surface area contributed by atoms with E-state index in [1.54, 1.807) is 6.07 Å². The Kier molecular flexibility index (Phi) is 5.20. The van der Waals surface area contributed by atoms with Crippen LogP contribution in [0.25, 0.3) is 0 Å². The molecular weight excluding hydrogens is 269 g/mol. The number of hydrogen-bond donors (Lipinski definition) is 1. The molecule has 0 aliphatic rings. The Labute approximate surface area is 118 Å². The van der Waals surface area contributed by atoms with Gasteiger partial charge >= 0.3 is 0 Å². The molecule has 0 aromatic heterocycles. The van der Waals surface area contributed by atoms with Crippen molar-refractivity contribution in [2.45, 2.75) is 39.7 Å². The molecule has 0 bridgehead atoms. The number of rotatable bonds is 5. The number of hydrogen-bond acceptors (Lipinski definition) is 2. The van der Waals surface area contributed by atoms with E-state index in [0.717, 1.165) is 5.56 Å². The first kappa shape index (κ1) is 15.5. The molecule has 1 aromatic carbocycles. The molecule has 1 aromatic rings. The summed E-state index contributed by atoms with van der Waals surface area (Å²) in [5.74, 6) is 0.161. The van der Waals surface area contributed by atoms with Crippen molar-refractivity contribution in [3.63, 3.8) is 0 Å². The summed E-state index contributed by atoms with van der Waals surface area (Å²) in [5, 5.41) is 1.18. The van der Waals surface area contributed by atoms with Gasteiger partial charge in [0.15, 0.2) is 0 Å². The Bertz CT molecular complexity index is 421. The molecule has 0 heterocycles. The first-order valence-electron chi connectivity index (χ1n) is 5.94. The van der Waals surface area contributed by atoms with E-state index in [4.69, 9.17) is 28.9 Å². The number of halogens is 2. The zero-order valence-electron chi connectivity index (χ0n) is 11.0. The van der Waals surface area contributed by atoms with Crippen LogP contribution in [0, 0.1) is 5.41 Å². The molecule has 100 valence electrons. The Morgan fingerprint density at radius 3 is 2.22 bits per heavy atom. The zero-order chi connectivity index (χ0) is 13.9. The molecule has 0 saturated heterocycles. The fourth-order valence-electron chi connectivity index (χ4n) is 1.89. The van der Waals surface area contributed by atoms with E-state index in [1.807, 2.05) is 32.9 Å². The van der Waals surface area contributed by atoms with Crippen LogP contribution in [0.4, 0.5) is 0 Å². The highest BCUT2D eigenvalue weighted by Crippen LogP contribution is 2.28. The van der Waals surface area contributed by atoms with Crippen molar-refractivity contribution in [2.75, 3.05) is 0 Å². The van der Waals surface area contributed by atoms with Crippen LogP contribution in [0.5, 0.6) is 0 Å². The summed E-state index contributed by atoms with van der Waals surface area (Å²) in [6.07, 6.45) is 1.00. The van der Waals surface area contributed by atoms with Crippen LogP contribution in [0.3, 0.4) is 0 Å². The molecule has 2 N–H and O–H groups in total. The average molecular weight is 288 g/mol. The molecule has 4 heteroatoms. The Hall–Kier alpha value is -0.570. The Morgan fingerprint density at radius 1 is 1.28 bits per heavy atom. The van der Waals surface area contributed by atoms with E-state index in [-0.39, 0.29) is 11.8 Å². The highest BCUT2D eigenvalue weighted by atomic mass is 35.5. The summed E-state index contributed by atoms with van der Waals surface area (Å²) >= 11 is 11.9. The highest BCUT2D eigenvalue weighted by Gasteiger charge is 2.28. The van der Waals surface area contributed by atoms with Crippen LogP contribution in [0.1, 0.15) is 32.8 Å². The predicted molar refractivity (Wildman–Crippen MR) is 77.2 cm³/mol. The van der Waals surface area contributed by atoms with Gasteiger partial charge in [0.1, 0.15) is 5.78 Å². The van der Waals surface area contributed by atoms with Crippen LogP contribution in [0.15, 0.2) is 18.2 Å². The van der Waals surface area contributed by atoms with Crippen molar-refractivity contribution >= 4 is 29.0 Å². The SMILES string of the molecule is CC(N)CC(=O)C(C)(C)Cc1cc(Cl)cc(Cl)c1. The monoisotopic (exact) mass is 287 g/mol. The van der Waals surface area contributed by atoms with Crippen molar-refractivity contribution in [3.8, 4) is 0 Å². The second-order valence-corrected chi connectivity index (χ2v) is 6.32. The third-order valence-electron chi connectivity index (χ3n) is 2.83. The van der Waals surface area contributed by atoms with E-state index in [0.29, 0.717) is 22.9 Å². The third kappa shape index (κ3) is 4.60. The number of Topliss-reactive ketones (excluding diaryl/α,β-unsaturated/α-hetero) is 1. The Balaban J connectivity index is 2.84. The molecule has 2 nitrogen and oxygen atoms in total. The highest BCUT2D eigenvalue weighted by molar-refractivity contribution is 6.34. The van der Waals surface area contributed by atoms with Crippen molar-refractivity contribution in [3.05, 3.63) is 33.8 Å². The standard InChI is InChI=1S/C14H19Cl2NO/c1-9(17)4-13(18)14(2,3)8-10-5-11(15)7-12(16)6-10/h5-7,9H,4,8,17H2,1-3H3. The summed E-state index contributed by atoms with van der Waals surface area (Å²) in [5.41, 5.74) is 6.18. The van der Waals surface area contributed by atoms with Crippen LogP contribution in [-0.4, -0.2) is 11.8 Å². The second kappa shape index (κ2) is 6.05. The summed E-state index contributed by atoms with van der Waals surface area (Å²) in [7, 11) is 0. The molecule has 0 spiro atoms. The van der Waals surface area contributed by atoms with Gasteiger partial charge in [-0.25, -0.2) is 0 Å². The summed E-state index contributed by atoms with van der Waals surface area (Å²) in [6, 6.07) is 5.26. The van der Waals surface area contributed by atoms with E-state index < -0.39 is 5.41 Å². The fourth-order valence-corrected chi connectivity index (χ4v) is 2.46. The summed E-state index contributed by atoms with van der Waals surface area (Å²) in [4.78, 5) is 12.1. The van der Waals surface area contributed by atoms with Crippen LogP contribution < -0.4 is 5.73 Å².